The fraction of sp³-hybridized carbons (Fsp3) is 0.400. The number of nitrogens with zero attached hydrogens (tertiary/aromatic N) is 1. The second-order valence-corrected chi connectivity index (χ2v) is 1.79. The van der Waals surface area contributed by atoms with Crippen LogP contribution in [0.3, 0.4) is 0 Å². The van der Waals surface area contributed by atoms with E-state index in [0.717, 1.165) is 24.2 Å². The Morgan fingerprint density at radius 1 is 1.57 bits per heavy atom. The summed E-state index contributed by atoms with van der Waals surface area (Å²) in [6.45, 7) is 0.858. The molecule has 0 saturated carbocycles. The van der Waals surface area contributed by atoms with Crippen molar-refractivity contribution in [2.24, 2.45) is 0 Å². The van der Waals surface area contributed by atoms with E-state index in [1.54, 1.807) is 0 Å². The van der Waals surface area contributed by atoms with Crippen LogP contribution in [0, 0.1) is 0 Å². The molecule has 1 aromatic rings. The number of hydrogen-bond donors (Lipinski definition) is 0. The third-order valence-electron chi connectivity index (χ3n) is 1.34. The van der Waals surface area contributed by atoms with Crippen LogP contribution in [0.2, 0.25) is 0 Å². The molecule has 1 aromatic carbocycles. The minimum Gasteiger partial charge on any atom is -0.287 e. The fourth-order valence-corrected chi connectivity index (χ4v) is 0.875. The molecule has 1 heterocycles. The van der Waals surface area contributed by atoms with Crippen LogP contribution in [0.1, 0.15) is 5.56 Å². The molecule has 0 atom stereocenters. The molecule has 0 saturated heterocycles. The second kappa shape index (κ2) is 0.735. The molecule has 0 bridgehead atoms. The minimum atomic E-state index is 0.214. The van der Waals surface area contributed by atoms with Crippen LogP contribution in [-0.2, 0) is 6.42 Å². The third kappa shape index (κ3) is 0.232. The van der Waals surface area contributed by atoms with Gasteiger partial charge >= 0.3 is 0 Å². The summed E-state index contributed by atoms with van der Waals surface area (Å²) in [4.78, 5) is 10.3. The zero-order valence-corrected chi connectivity index (χ0v) is 3.77. The van der Waals surface area contributed by atoms with E-state index in [4.69, 9.17) is 0 Å². The third-order valence-corrected chi connectivity index (χ3v) is 1.34. The Morgan fingerprint density at radius 3 is 2.71 bits per heavy atom. The molecule has 1 aliphatic rings. The smallest absolute Gasteiger partial charge is 0.209 e. The first-order chi connectivity index (χ1) is 3.39. The first kappa shape index (κ1) is 3.24. The average molecular weight is 94.1 g/mol. The van der Waals surface area contributed by atoms with Crippen molar-refractivity contribution in [3.05, 3.63) is 15.8 Å². The molecule has 0 N–H and O–H groups in total. The minimum absolute atomic E-state index is 0.214. The molecule has 0 unspecified atom stereocenters. The Bertz CT molecular complexity index is 188. The summed E-state index contributed by atoms with van der Waals surface area (Å²) in [7, 11) is 0. The van der Waals surface area contributed by atoms with Crippen LogP contribution in [0.25, 0.3) is 0 Å². The lowest BCUT2D eigenvalue weighted by Gasteiger charge is -1.79. The Hall–Kier alpha value is -0.790. The number of rotatable bonds is 0. The van der Waals surface area contributed by atoms with Crippen molar-refractivity contribution in [2.75, 3.05) is 6.54 Å². The van der Waals surface area contributed by atoms with Crippen LogP contribution in [-0.4, -0.2) is 6.54 Å². The quantitative estimate of drug-likeness (QED) is 0.434. The van der Waals surface area contributed by atoms with Crippen molar-refractivity contribution >= 4 is 5.69 Å². The molecule has 1 radical (unpaired) electrons. The molecular formula is C5H4NO. The van der Waals surface area contributed by atoms with Crippen LogP contribution in [0.15, 0.2) is 4.79 Å². The van der Waals surface area contributed by atoms with Crippen molar-refractivity contribution in [3.63, 3.8) is 0 Å². The predicted octanol–water partition coefficient (Wildman–Crippen LogP) is -0.286. The zero-order chi connectivity index (χ0) is 4.85. The van der Waals surface area contributed by atoms with E-state index in [2.05, 4.69) is 5.32 Å². The lowest BCUT2D eigenvalue weighted by molar-refractivity contribution is 0.889. The van der Waals surface area contributed by atoms with Crippen molar-refractivity contribution < 1.29 is 0 Å². The van der Waals surface area contributed by atoms with Crippen molar-refractivity contribution in [3.8, 4) is 0 Å². The predicted molar refractivity (Wildman–Crippen MR) is 25.4 cm³/mol. The Labute approximate surface area is 40.8 Å². The SMILES string of the molecule is O=c1c2c1[N]CC2. The molecule has 0 fully saturated rings. The van der Waals surface area contributed by atoms with E-state index in [0.29, 0.717) is 0 Å². The van der Waals surface area contributed by atoms with Gasteiger partial charge in [-0.3, -0.25) is 10.1 Å². The summed E-state index contributed by atoms with van der Waals surface area (Å²) < 4.78 is 0. The van der Waals surface area contributed by atoms with Gasteiger partial charge in [-0.1, -0.05) is 0 Å². The van der Waals surface area contributed by atoms with Gasteiger partial charge in [-0.2, -0.15) is 0 Å². The molecule has 0 amide bonds. The topological polar surface area (TPSA) is 31.2 Å². The summed E-state index contributed by atoms with van der Waals surface area (Å²) in [6, 6.07) is 0. The highest BCUT2D eigenvalue weighted by molar-refractivity contribution is 5.61. The van der Waals surface area contributed by atoms with Crippen LogP contribution < -0.4 is 10.7 Å². The Kier molecular flexibility index (Phi) is 0.340. The van der Waals surface area contributed by atoms with Crippen LogP contribution in [0.4, 0.5) is 5.69 Å². The summed E-state index contributed by atoms with van der Waals surface area (Å²) in [5.74, 6) is 0. The molecule has 2 nitrogen and oxygen atoms in total. The summed E-state index contributed by atoms with van der Waals surface area (Å²) in [5.41, 5.74) is 1.98. The van der Waals surface area contributed by atoms with Gasteiger partial charge in [-0.15, -0.1) is 0 Å². The highest BCUT2D eigenvalue weighted by Gasteiger charge is 2.27. The van der Waals surface area contributed by atoms with Crippen molar-refractivity contribution in [1.82, 2.24) is 5.32 Å². The first-order valence-corrected chi connectivity index (χ1v) is 2.35. The molecule has 0 spiro atoms. The molecule has 35 valence electrons. The van der Waals surface area contributed by atoms with Gasteiger partial charge in [0.2, 0.25) is 5.43 Å². The lowest BCUT2D eigenvalue weighted by atomic mass is 10.4. The molecule has 2 rings (SSSR count). The van der Waals surface area contributed by atoms with E-state index in [1.807, 2.05) is 0 Å². The molecular weight excluding hydrogens is 90.1 g/mol. The number of hydrogen-bond acceptors (Lipinski definition) is 1. The Morgan fingerprint density at radius 2 is 2.43 bits per heavy atom. The van der Waals surface area contributed by atoms with Crippen LogP contribution in [0.5, 0.6) is 0 Å². The lowest BCUT2D eigenvalue weighted by Crippen LogP contribution is -2.00. The van der Waals surface area contributed by atoms with Crippen molar-refractivity contribution in [1.29, 1.82) is 0 Å². The van der Waals surface area contributed by atoms with Gasteiger partial charge in [0, 0.05) is 12.1 Å². The molecule has 0 aromatic heterocycles. The van der Waals surface area contributed by atoms with Gasteiger partial charge in [0.25, 0.3) is 0 Å². The van der Waals surface area contributed by atoms with Crippen LogP contribution >= 0.6 is 0 Å². The summed E-state index contributed by atoms with van der Waals surface area (Å²) >= 11 is 0. The largest absolute Gasteiger partial charge is 0.287 e. The molecule has 0 aliphatic carbocycles. The Balaban J connectivity index is 2.53. The van der Waals surface area contributed by atoms with E-state index in [9.17, 15) is 4.79 Å². The van der Waals surface area contributed by atoms with Gasteiger partial charge in [0.15, 0.2) is 0 Å². The van der Waals surface area contributed by atoms with Gasteiger partial charge < -0.3 is 0 Å². The monoisotopic (exact) mass is 94.0 g/mol. The van der Waals surface area contributed by atoms with Gasteiger partial charge in [-0.25, -0.2) is 0 Å². The summed E-state index contributed by atoms with van der Waals surface area (Å²) in [5, 5.41) is 3.92. The second-order valence-electron chi connectivity index (χ2n) is 1.79. The maximum atomic E-state index is 10.3. The van der Waals surface area contributed by atoms with Gasteiger partial charge in [0.05, 0.1) is 0 Å². The standard InChI is InChI=1S/C5H4NO/c7-5-3-1-2-6-4(3)5/h1-2H2. The van der Waals surface area contributed by atoms with E-state index in [1.165, 1.54) is 0 Å². The van der Waals surface area contributed by atoms with E-state index >= 15 is 0 Å². The summed E-state index contributed by atoms with van der Waals surface area (Å²) in [6.07, 6.45) is 0.911. The van der Waals surface area contributed by atoms with Gasteiger partial charge in [-0.05, 0) is 6.42 Å². The van der Waals surface area contributed by atoms with Crippen molar-refractivity contribution in [2.45, 2.75) is 6.42 Å². The zero-order valence-electron chi connectivity index (χ0n) is 3.77. The van der Waals surface area contributed by atoms with E-state index < -0.39 is 0 Å². The number of fused-ring (bicyclic) bond motifs is 1. The normalized spacial score (nSPS) is 17.1. The van der Waals surface area contributed by atoms with Gasteiger partial charge in [0.1, 0.15) is 5.69 Å². The highest BCUT2D eigenvalue weighted by atomic mass is 16.1. The maximum Gasteiger partial charge on any atom is 0.209 e. The van der Waals surface area contributed by atoms with E-state index in [-0.39, 0.29) is 5.43 Å². The molecule has 7 heavy (non-hydrogen) atoms. The fourth-order valence-electron chi connectivity index (χ4n) is 0.875. The highest BCUT2D eigenvalue weighted by Crippen LogP contribution is 2.21. The maximum absolute atomic E-state index is 10.3. The first-order valence-electron chi connectivity index (χ1n) is 2.35. The molecule has 2 heteroatoms. The average Bonchev–Trinajstić information content (AvgIpc) is 2.26. The molecule has 1 aliphatic heterocycles.